The highest BCUT2D eigenvalue weighted by Crippen LogP contribution is 2.32. The lowest BCUT2D eigenvalue weighted by atomic mass is 9.99. The zero-order valence-electron chi connectivity index (χ0n) is 11.6. The van der Waals surface area contributed by atoms with E-state index in [4.69, 9.17) is 0 Å². The van der Waals surface area contributed by atoms with Crippen LogP contribution in [0.1, 0.15) is 23.6 Å². The van der Waals surface area contributed by atoms with Gasteiger partial charge in [-0.2, -0.15) is 13.2 Å². The van der Waals surface area contributed by atoms with E-state index in [0.29, 0.717) is 12.0 Å². The van der Waals surface area contributed by atoms with Crippen LogP contribution in [-0.4, -0.2) is 42.8 Å². The highest BCUT2D eigenvalue weighted by atomic mass is 35.5. The minimum absolute atomic E-state index is 0. The lowest BCUT2D eigenvalue weighted by molar-refractivity contribution is -0.137. The molecular formula is C14H20ClF3N2O. The third-order valence-electron chi connectivity index (χ3n) is 3.59. The molecule has 1 fully saturated rings. The van der Waals surface area contributed by atoms with Gasteiger partial charge in [-0.15, -0.1) is 12.4 Å². The van der Waals surface area contributed by atoms with Crippen molar-refractivity contribution in [3.8, 4) is 0 Å². The molecule has 2 N–H and O–H groups in total. The van der Waals surface area contributed by atoms with Crippen LogP contribution < -0.4 is 5.32 Å². The summed E-state index contributed by atoms with van der Waals surface area (Å²) in [5, 5.41) is 12.4. The maximum atomic E-state index is 12.8. The SMILES string of the molecule is Cl.OCC[C@@H](c1cccc(C(F)(F)F)c1)N1CCNCC1. The molecule has 120 valence electrons. The predicted molar refractivity (Wildman–Crippen MR) is 77.6 cm³/mol. The Morgan fingerprint density at radius 1 is 1.24 bits per heavy atom. The summed E-state index contributed by atoms with van der Waals surface area (Å²) in [6.07, 6.45) is -3.88. The summed E-state index contributed by atoms with van der Waals surface area (Å²) in [7, 11) is 0. The maximum Gasteiger partial charge on any atom is 0.416 e. The van der Waals surface area contributed by atoms with Gasteiger partial charge in [0.2, 0.25) is 0 Å². The average molecular weight is 325 g/mol. The van der Waals surface area contributed by atoms with E-state index >= 15 is 0 Å². The van der Waals surface area contributed by atoms with Crippen LogP contribution in [0.5, 0.6) is 0 Å². The Kier molecular flexibility index (Phi) is 6.93. The number of hydrogen-bond acceptors (Lipinski definition) is 3. The summed E-state index contributed by atoms with van der Waals surface area (Å²) in [6.45, 7) is 3.16. The van der Waals surface area contributed by atoms with E-state index in [1.54, 1.807) is 6.07 Å². The number of nitrogens with zero attached hydrogens (tertiary/aromatic N) is 1. The van der Waals surface area contributed by atoms with Crippen molar-refractivity contribution in [1.82, 2.24) is 10.2 Å². The smallest absolute Gasteiger partial charge is 0.396 e. The molecule has 0 unspecified atom stereocenters. The molecule has 1 aromatic carbocycles. The number of aliphatic hydroxyl groups excluding tert-OH is 1. The quantitative estimate of drug-likeness (QED) is 0.893. The number of hydrogen-bond donors (Lipinski definition) is 2. The standard InChI is InChI=1S/C14H19F3N2O.ClH/c15-14(16,17)12-3-1-2-11(10-12)13(4-9-20)19-7-5-18-6-8-19;/h1-3,10,13,18,20H,4-9H2;1H/t13-;/m0./s1. The van der Waals surface area contributed by atoms with E-state index in [0.717, 1.165) is 32.2 Å². The Hall–Kier alpha value is -0.820. The van der Waals surface area contributed by atoms with Crippen LogP contribution in [0.3, 0.4) is 0 Å². The van der Waals surface area contributed by atoms with Gasteiger partial charge in [0.1, 0.15) is 0 Å². The highest BCUT2D eigenvalue weighted by Gasteiger charge is 2.31. The summed E-state index contributed by atoms with van der Waals surface area (Å²) in [6, 6.07) is 5.26. The molecule has 1 heterocycles. The van der Waals surface area contributed by atoms with Crippen LogP contribution in [-0.2, 0) is 6.18 Å². The highest BCUT2D eigenvalue weighted by molar-refractivity contribution is 5.85. The molecule has 7 heteroatoms. The third kappa shape index (κ3) is 4.85. The second-order valence-corrected chi connectivity index (χ2v) is 4.94. The fraction of sp³-hybridized carbons (Fsp3) is 0.571. The van der Waals surface area contributed by atoms with Crippen LogP contribution in [0.15, 0.2) is 24.3 Å². The number of benzene rings is 1. The lowest BCUT2D eigenvalue weighted by Crippen LogP contribution is -2.45. The molecule has 1 aliphatic rings. The van der Waals surface area contributed by atoms with Gasteiger partial charge in [0.15, 0.2) is 0 Å². The van der Waals surface area contributed by atoms with Gasteiger partial charge in [-0.1, -0.05) is 12.1 Å². The van der Waals surface area contributed by atoms with E-state index in [1.165, 1.54) is 12.1 Å². The minimum Gasteiger partial charge on any atom is -0.396 e. The summed E-state index contributed by atoms with van der Waals surface area (Å²) < 4.78 is 38.4. The normalized spacial score (nSPS) is 18.1. The van der Waals surface area contributed by atoms with Crippen LogP contribution in [0.2, 0.25) is 0 Å². The van der Waals surface area contributed by atoms with Crippen molar-refractivity contribution in [2.24, 2.45) is 0 Å². The van der Waals surface area contributed by atoms with E-state index in [1.807, 2.05) is 0 Å². The van der Waals surface area contributed by atoms with Gasteiger partial charge in [-0.25, -0.2) is 0 Å². The molecule has 0 bridgehead atoms. The number of nitrogens with one attached hydrogen (secondary N) is 1. The Morgan fingerprint density at radius 3 is 2.48 bits per heavy atom. The van der Waals surface area contributed by atoms with E-state index in [9.17, 15) is 18.3 Å². The van der Waals surface area contributed by atoms with Crippen molar-refractivity contribution in [2.75, 3.05) is 32.8 Å². The zero-order valence-corrected chi connectivity index (χ0v) is 12.4. The molecule has 1 atom stereocenters. The Morgan fingerprint density at radius 2 is 1.90 bits per heavy atom. The van der Waals surface area contributed by atoms with Gasteiger partial charge in [-0.3, -0.25) is 4.90 Å². The van der Waals surface area contributed by atoms with Crippen LogP contribution in [0, 0.1) is 0 Å². The van der Waals surface area contributed by atoms with Crippen molar-refractivity contribution in [2.45, 2.75) is 18.6 Å². The lowest BCUT2D eigenvalue weighted by Gasteiger charge is -2.35. The second-order valence-electron chi connectivity index (χ2n) is 4.94. The second kappa shape index (κ2) is 7.98. The summed E-state index contributed by atoms with van der Waals surface area (Å²) >= 11 is 0. The van der Waals surface area contributed by atoms with Gasteiger partial charge in [0, 0.05) is 38.8 Å². The van der Waals surface area contributed by atoms with Gasteiger partial charge in [0.05, 0.1) is 5.56 Å². The number of halogens is 4. The first-order chi connectivity index (χ1) is 9.52. The Labute approximate surface area is 128 Å². The fourth-order valence-corrected chi connectivity index (χ4v) is 2.60. The predicted octanol–water partition coefficient (Wildman–Crippen LogP) is 2.46. The summed E-state index contributed by atoms with van der Waals surface area (Å²) in [5.41, 5.74) is -0.0103. The molecule has 0 saturated carbocycles. The molecule has 0 aromatic heterocycles. The molecular weight excluding hydrogens is 305 g/mol. The van der Waals surface area contributed by atoms with E-state index < -0.39 is 11.7 Å². The summed E-state index contributed by atoms with van der Waals surface area (Å²) in [4.78, 5) is 2.13. The van der Waals surface area contributed by atoms with Crippen LogP contribution in [0.25, 0.3) is 0 Å². The maximum absolute atomic E-state index is 12.8. The monoisotopic (exact) mass is 324 g/mol. The van der Waals surface area contributed by atoms with Crippen molar-refractivity contribution in [1.29, 1.82) is 0 Å². The molecule has 2 rings (SSSR count). The molecule has 1 saturated heterocycles. The molecule has 3 nitrogen and oxygen atoms in total. The van der Waals surface area contributed by atoms with Crippen molar-refractivity contribution >= 4 is 12.4 Å². The first-order valence-electron chi connectivity index (χ1n) is 6.75. The summed E-state index contributed by atoms with van der Waals surface area (Å²) in [5.74, 6) is 0. The fourth-order valence-electron chi connectivity index (χ4n) is 2.60. The minimum atomic E-state index is -4.33. The number of piperazine rings is 1. The zero-order chi connectivity index (χ0) is 14.6. The number of alkyl halides is 3. The average Bonchev–Trinajstić information content (AvgIpc) is 2.45. The molecule has 0 amide bonds. The number of aliphatic hydroxyl groups is 1. The van der Waals surface area contributed by atoms with Crippen molar-refractivity contribution < 1.29 is 18.3 Å². The third-order valence-corrected chi connectivity index (χ3v) is 3.59. The Balaban J connectivity index is 0.00000220. The molecule has 0 aliphatic carbocycles. The van der Waals surface area contributed by atoms with Crippen LogP contribution >= 0.6 is 12.4 Å². The van der Waals surface area contributed by atoms with Crippen LogP contribution in [0.4, 0.5) is 13.2 Å². The molecule has 1 aliphatic heterocycles. The van der Waals surface area contributed by atoms with E-state index in [-0.39, 0.29) is 25.1 Å². The first-order valence-corrected chi connectivity index (χ1v) is 6.75. The van der Waals surface area contributed by atoms with E-state index in [2.05, 4.69) is 10.2 Å². The molecule has 1 aromatic rings. The van der Waals surface area contributed by atoms with Gasteiger partial charge in [0.25, 0.3) is 0 Å². The van der Waals surface area contributed by atoms with Crippen molar-refractivity contribution in [3.63, 3.8) is 0 Å². The molecule has 21 heavy (non-hydrogen) atoms. The van der Waals surface area contributed by atoms with Gasteiger partial charge >= 0.3 is 6.18 Å². The van der Waals surface area contributed by atoms with Gasteiger partial charge < -0.3 is 10.4 Å². The topological polar surface area (TPSA) is 35.5 Å². The molecule has 0 radical (unpaired) electrons. The Bertz CT molecular complexity index is 436. The van der Waals surface area contributed by atoms with Crippen molar-refractivity contribution in [3.05, 3.63) is 35.4 Å². The number of rotatable bonds is 4. The van der Waals surface area contributed by atoms with Gasteiger partial charge in [-0.05, 0) is 24.1 Å². The first kappa shape index (κ1) is 18.2. The largest absolute Gasteiger partial charge is 0.416 e. The molecule has 0 spiro atoms.